The lowest BCUT2D eigenvalue weighted by Crippen LogP contribution is -2.42. The van der Waals surface area contributed by atoms with E-state index in [2.05, 4.69) is 9.97 Å². The fourth-order valence-electron chi connectivity index (χ4n) is 2.41. The summed E-state index contributed by atoms with van der Waals surface area (Å²) in [6.45, 7) is 3.89. The maximum absolute atomic E-state index is 12.8. The number of hydrogen-bond donors (Lipinski definition) is 0. The van der Waals surface area contributed by atoms with Crippen LogP contribution >= 0.6 is 11.6 Å². The van der Waals surface area contributed by atoms with Gasteiger partial charge < -0.3 is 14.4 Å². The van der Waals surface area contributed by atoms with Gasteiger partial charge >= 0.3 is 6.18 Å². The minimum Gasteiger partial charge on any atom is -0.481 e. The SMILES string of the molecule is CCN(C(=O)c1nc(OC)ccc1Cl)[C@@H](C)COc1ccc(C(F)(F)F)cn1. The number of ether oxygens (including phenoxy) is 2. The lowest BCUT2D eigenvalue weighted by Gasteiger charge is -2.28. The first-order valence-electron chi connectivity index (χ1n) is 8.35. The van der Waals surface area contributed by atoms with E-state index in [0.29, 0.717) is 12.7 Å². The Morgan fingerprint density at radius 3 is 2.46 bits per heavy atom. The molecular weight excluding hydrogens is 399 g/mol. The number of pyridine rings is 2. The van der Waals surface area contributed by atoms with Gasteiger partial charge in [0.05, 0.1) is 23.7 Å². The van der Waals surface area contributed by atoms with Crippen molar-refractivity contribution >= 4 is 17.5 Å². The first kappa shape index (κ1) is 21.7. The third-order valence-electron chi connectivity index (χ3n) is 3.90. The van der Waals surface area contributed by atoms with Crippen molar-refractivity contribution in [3.05, 3.63) is 46.7 Å². The van der Waals surface area contributed by atoms with E-state index in [0.717, 1.165) is 12.1 Å². The Bertz CT molecular complexity index is 816. The van der Waals surface area contributed by atoms with Gasteiger partial charge in [-0.3, -0.25) is 4.79 Å². The number of amides is 1. The van der Waals surface area contributed by atoms with Crippen LogP contribution in [-0.4, -0.2) is 47.1 Å². The number of halogens is 4. The summed E-state index contributed by atoms with van der Waals surface area (Å²) in [5.41, 5.74) is -0.820. The fraction of sp³-hybridized carbons (Fsp3) is 0.389. The quantitative estimate of drug-likeness (QED) is 0.679. The van der Waals surface area contributed by atoms with Gasteiger partial charge in [-0.05, 0) is 26.0 Å². The molecular formula is C18H19ClF3N3O3. The van der Waals surface area contributed by atoms with E-state index in [1.807, 2.05) is 0 Å². The van der Waals surface area contributed by atoms with E-state index in [1.165, 1.54) is 24.1 Å². The third kappa shape index (κ3) is 5.25. The van der Waals surface area contributed by atoms with Crippen molar-refractivity contribution in [2.24, 2.45) is 0 Å². The van der Waals surface area contributed by atoms with Crippen LogP contribution in [0.3, 0.4) is 0 Å². The van der Waals surface area contributed by atoms with E-state index < -0.39 is 23.7 Å². The van der Waals surface area contributed by atoms with Gasteiger partial charge in [0.2, 0.25) is 11.8 Å². The minimum absolute atomic E-state index is 0.0273. The zero-order valence-corrected chi connectivity index (χ0v) is 16.2. The maximum Gasteiger partial charge on any atom is 0.417 e. The average molecular weight is 418 g/mol. The van der Waals surface area contributed by atoms with Gasteiger partial charge in [0, 0.05) is 24.9 Å². The number of aromatic nitrogens is 2. The Labute approximate surface area is 165 Å². The number of hydrogen-bond acceptors (Lipinski definition) is 5. The molecule has 6 nitrogen and oxygen atoms in total. The second-order valence-electron chi connectivity index (χ2n) is 5.82. The van der Waals surface area contributed by atoms with Crippen molar-refractivity contribution < 1.29 is 27.4 Å². The smallest absolute Gasteiger partial charge is 0.417 e. The van der Waals surface area contributed by atoms with E-state index in [1.54, 1.807) is 13.8 Å². The largest absolute Gasteiger partial charge is 0.481 e. The Balaban J connectivity index is 2.07. The van der Waals surface area contributed by atoms with E-state index in [-0.39, 0.29) is 29.1 Å². The first-order chi connectivity index (χ1) is 13.2. The van der Waals surface area contributed by atoms with Crippen molar-refractivity contribution in [3.63, 3.8) is 0 Å². The summed E-state index contributed by atoms with van der Waals surface area (Å²) in [5.74, 6) is -0.134. The molecule has 0 aromatic carbocycles. The molecule has 0 saturated heterocycles. The summed E-state index contributed by atoms with van der Waals surface area (Å²) in [5, 5.41) is 0.182. The summed E-state index contributed by atoms with van der Waals surface area (Å²) >= 11 is 6.08. The number of carbonyl (C=O) groups excluding carboxylic acids is 1. The van der Waals surface area contributed by atoms with E-state index >= 15 is 0 Å². The average Bonchev–Trinajstić information content (AvgIpc) is 2.66. The molecule has 1 amide bonds. The second kappa shape index (κ2) is 9.09. The zero-order valence-electron chi connectivity index (χ0n) is 15.5. The van der Waals surface area contributed by atoms with E-state index in [9.17, 15) is 18.0 Å². The standard InChI is InChI=1S/C18H19ClF3N3O3/c1-4-25(17(26)16-13(19)6-8-15(24-16)27-3)11(2)10-28-14-7-5-12(9-23-14)18(20,21)22/h5-9,11H,4,10H2,1-3H3/t11-/m0/s1. The van der Waals surface area contributed by atoms with Gasteiger partial charge in [0.25, 0.3) is 5.91 Å². The molecule has 1 atom stereocenters. The van der Waals surface area contributed by atoms with Crippen molar-refractivity contribution in [1.29, 1.82) is 0 Å². The highest BCUT2D eigenvalue weighted by atomic mass is 35.5. The van der Waals surface area contributed by atoms with Crippen molar-refractivity contribution in [3.8, 4) is 11.8 Å². The molecule has 0 N–H and O–H groups in total. The van der Waals surface area contributed by atoms with Gasteiger partial charge in [-0.25, -0.2) is 9.97 Å². The molecule has 0 aliphatic carbocycles. The highest BCUT2D eigenvalue weighted by Gasteiger charge is 2.31. The Hall–Kier alpha value is -2.55. The van der Waals surface area contributed by atoms with Crippen LogP contribution in [0.2, 0.25) is 5.02 Å². The lowest BCUT2D eigenvalue weighted by atomic mass is 10.2. The molecule has 2 rings (SSSR count). The molecule has 0 radical (unpaired) electrons. The van der Waals surface area contributed by atoms with Crippen molar-refractivity contribution in [2.75, 3.05) is 20.3 Å². The summed E-state index contributed by atoms with van der Waals surface area (Å²) in [7, 11) is 1.43. The maximum atomic E-state index is 12.8. The van der Waals surface area contributed by atoms with Crippen LogP contribution in [-0.2, 0) is 6.18 Å². The molecule has 0 spiro atoms. The summed E-state index contributed by atoms with van der Waals surface area (Å²) in [6, 6.07) is 4.66. The van der Waals surface area contributed by atoms with Gasteiger partial charge in [-0.1, -0.05) is 11.6 Å². The van der Waals surface area contributed by atoms with Gasteiger partial charge in [0.1, 0.15) is 6.61 Å². The molecule has 2 aromatic rings. The Morgan fingerprint density at radius 1 is 1.25 bits per heavy atom. The van der Waals surface area contributed by atoms with Gasteiger partial charge in [-0.2, -0.15) is 13.2 Å². The molecule has 152 valence electrons. The third-order valence-corrected chi connectivity index (χ3v) is 4.21. The monoisotopic (exact) mass is 417 g/mol. The van der Waals surface area contributed by atoms with Crippen LogP contribution in [0.25, 0.3) is 0 Å². The molecule has 28 heavy (non-hydrogen) atoms. The van der Waals surface area contributed by atoms with Crippen LogP contribution in [0.4, 0.5) is 13.2 Å². The highest BCUT2D eigenvalue weighted by Crippen LogP contribution is 2.29. The van der Waals surface area contributed by atoms with Crippen molar-refractivity contribution in [2.45, 2.75) is 26.1 Å². The summed E-state index contributed by atoms with van der Waals surface area (Å²) in [4.78, 5) is 22.0. The van der Waals surface area contributed by atoms with Crippen LogP contribution in [0, 0.1) is 0 Å². The molecule has 2 aromatic heterocycles. The lowest BCUT2D eigenvalue weighted by molar-refractivity contribution is -0.137. The molecule has 0 aliphatic heterocycles. The van der Waals surface area contributed by atoms with Crippen LogP contribution < -0.4 is 9.47 Å². The number of rotatable bonds is 7. The van der Waals surface area contributed by atoms with Gasteiger partial charge in [0.15, 0.2) is 5.69 Å². The van der Waals surface area contributed by atoms with E-state index in [4.69, 9.17) is 21.1 Å². The summed E-state index contributed by atoms with van der Waals surface area (Å²) in [6.07, 6.45) is -3.77. The second-order valence-corrected chi connectivity index (χ2v) is 6.23. The fourth-order valence-corrected chi connectivity index (χ4v) is 2.59. The molecule has 0 unspecified atom stereocenters. The molecule has 0 aliphatic rings. The molecule has 0 bridgehead atoms. The summed E-state index contributed by atoms with van der Waals surface area (Å²) < 4.78 is 48.2. The Kier molecular flexibility index (Phi) is 7.06. The number of carbonyl (C=O) groups is 1. The number of likely N-dealkylation sites (N-methyl/N-ethyl adjacent to an activating group) is 1. The minimum atomic E-state index is -4.47. The van der Waals surface area contributed by atoms with Crippen molar-refractivity contribution in [1.82, 2.24) is 14.9 Å². The molecule has 0 fully saturated rings. The highest BCUT2D eigenvalue weighted by molar-refractivity contribution is 6.33. The molecule has 10 heteroatoms. The predicted molar refractivity (Wildman–Crippen MR) is 96.7 cm³/mol. The zero-order chi connectivity index (χ0) is 20.9. The normalized spacial score (nSPS) is 12.4. The number of methoxy groups -OCH3 is 1. The Morgan fingerprint density at radius 2 is 1.93 bits per heavy atom. The van der Waals surface area contributed by atoms with Crippen LogP contribution in [0.1, 0.15) is 29.9 Å². The molecule has 0 saturated carbocycles. The number of nitrogens with zero attached hydrogens (tertiary/aromatic N) is 3. The van der Waals surface area contributed by atoms with Crippen LogP contribution in [0.15, 0.2) is 30.5 Å². The topological polar surface area (TPSA) is 64.6 Å². The first-order valence-corrected chi connectivity index (χ1v) is 8.72. The molecule has 2 heterocycles. The van der Waals surface area contributed by atoms with Crippen LogP contribution in [0.5, 0.6) is 11.8 Å². The predicted octanol–water partition coefficient (Wildman–Crippen LogP) is 4.09. The van der Waals surface area contributed by atoms with Gasteiger partial charge in [-0.15, -0.1) is 0 Å². The number of alkyl halides is 3.